The van der Waals surface area contributed by atoms with Gasteiger partial charge in [-0.1, -0.05) is 28.4 Å². The second-order valence-electron chi connectivity index (χ2n) is 7.97. The van der Waals surface area contributed by atoms with Gasteiger partial charge in [0.1, 0.15) is 0 Å². The van der Waals surface area contributed by atoms with Crippen LogP contribution in [0.25, 0.3) is 11.0 Å². The highest BCUT2D eigenvalue weighted by molar-refractivity contribution is 6.42. The van der Waals surface area contributed by atoms with Gasteiger partial charge in [0.05, 0.1) is 15.4 Å². The molecule has 0 unspecified atom stereocenters. The second kappa shape index (κ2) is 8.47. The highest BCUT2D eigenvalue weighted by Crippen LogP contribution is 2.34. The molecule has 1 saturated carbocycles. The highest BCUT2D eigenvalue weighted by atomic mass is 35.5. The molecule has 2 aliphatic rings. The van der Waals surface area contributed by atoms with Crippen LogP contribution in [-0.2, 0) is 4.79 Å². The Kier molecular flexibility index (Phi) is 5.99. The number of nitrogens with zero attached hydrogens (tertiary/aromatic N) is 3. The van der Waals surface area contributed by atoms with Crippen molar-refractivity contribution in [3.05, 3.63) is 22.2 Å². The summed E-state index contributed by atoms with van der Waals surface area (Å²) in [6.07, 6.45) is 5.14. The summed E-state index contributed by atoms with van der Waals surface area (Å²) in [6, 6.07) is 3.55. The lowest BCUT2D eigenvalue weighted by molar-refractivity contribution is -0.123. The summed E-state index contributed by atoms with van der Waals surface area (Å²) in [6.45, 7) is 4.90. The van der Waals surface area contributed by atoms with Crippen LogP contribution in [0.1, 0.15) is 32.1 Å². The number of carbonyl (C=O) groups excluding carboxylic acids is 1. The third-order valence-electron chi connectivity index (χ3n) is 6.24. The molecule has 1 aromatic carbocycles. The smallest absolute Gasteiger partial charge is 0.241 e. The molecule has 1 saturated heterocycles. The van der Waals surface area contributed by atoms with Gasteiger partial charge >= 0.3 is 0 Å². The predicted octanol–water partition coefficient (Wildman–Crippen LogP) is 4.26. The van der Waals surface area contributed by atoms with Gasteiger partial charge in [-0.15, -0.1) is 0 Å². The van der Waals surface area contributed by atoms with Gasteiger partial charge in [0.15, 0.2) is 11.4 Å². The van der Waals surface area contributed by atoms with Crippen LogP contribution in [0.4, 0.5) is 5.82 Å². The van der Waals surface area contributed by atoms with Crippen LogP contribution in [0, 0.1) is 11.8 Å². The third kappa shape index (κ3) is 4.24. The minimum Gasteiger partial charge on any atom is -0.354 e. The SMILES string of the molecule is [NH]C(=O)C1CCC(CCN2CCN(c3noc4cc(Cl)c(Cl)cc34)CC2)CC1. The van der Waals surface area contributed by atoms with Crippen molar-refractivity contribution in [2.75, 3.05) is 37.6 Å². The van der Waals surface area contributed by atoms with Crippen molar-refractivity contribution < 1.29 is 9.32 Å². The van der Waals surface area contributed by atoms with Gasteiger partial charge in [-0.05, 0) is 50.6 Å². The Morgan fingerprint density at radius 1 is 1.11 bits per heavy atom. The van der Waals surface area contributed by atoms with Crippen molar-refractivity contribution in [2.24, 2.45) is 11.8 Å². The van der Waals surface area contributed by atoms with Gasteiger partial charge in [0.2, 0.25) is 5.91 Å². The first-order valence-electron chi connectivity index (χ1n) is 9.98. The molecule has 1 amide bonds. The maximum Gasteiger partial charge on any atom is 0.241 e. The molecule has 1 N–H and O–H groups in total. The molecule has 6 nitrogen and oxygen atoms in total. The Labute approximate surface area is 174 Å². The van der Waals surface area contributed by atoms with Crippen molar-refractivity contribution in [1.29, 1.82) is 0 Å². The number of carbonyl (C=O) groups is 1. The molecule has 0 spiro atoms. The minimum absolute atomic E-state index is 0.0135. The van der Waals surface area contributed by atoms with E-state index < -0.39 is 0 Å². The lowest BCUT2D eigenvalue weighted by Crippen LogP contribution is -2.47. The molecule has 8 heteroatoms. The van der Waals surface area contributed by atoms with Gasteiger partial charge in [-0.3, -0.25) is 15.4 Å². The first-order chi connectivity index (χ1) is 13.5. The molecule has 1 aromatic heterocycles. The topological polar surface area (TPSA) is 73.4 Å². The quantitative estimate of drug-likeness (QED) is 0.717. The number of rotatable bonds is 5. The number of fused-ring (bicyclic) bond motifs is 1. The number of amides is 1. The molecule has 0 atom stereocenters. The number of halogens is 2. The van der Waals surface area contributed by atoms with E-state index in [1.807, 2.05) is 6.07 Å². The number of hydrogen-bond donors (Lipinski definition) is 0. The molecule has 0 bridgehead atoms. The van der Waals surface area contributed by atoms with Gasteiger partial charge in [0.25, 0.3) is 0 Å². The van der Waals surface area contributed by atoms with E-state index in [9.17, 15) is 4.79 Å². The van der Waals surface area contributed by atoms with Crippen molar-refractivity contribution in [2.45, 2.75) is 32.1 Å². The molecule has 1 radical (unpaired) electrons. The number of anilines is 1. The Hall–Kier alpha value is -1.50. The Morgan fingerprint density at radius 2 is 1.79 bits per heavy atom. The number of piperazine rings is 1. The fourth-order valence-corrected chi connectivity index (χ4v) is 4.73. The fourth-order valence-electron chi connectivity index (χ4n) is 4.41. The molecule has 1 aliphatic heterocycles. The van der Waals surface area contributed by atoms with Crippen LogP contribution < -0.4 is 10.6 Å². The average Bonchev–Trinajstić information content (AvgIpc) is 3.10. The van der Waals surface area contributed by atoms with E-state index in [4.69, 9.17) is 33.5 Å². The number of benzene rings is 1. The lowest BCUT2D eigenvalue weighted by atomic mass is 9.80. The number of nitrogens with one attached hydrogen (secondary N) is 1. The summed E-state index contributed by atoms with van der Waals surface area (Å²) in [5, 5.41) is 6.13. The van der Waals surface area contributed by atoms with E-state index >= 15 is 0 Å². The van der Waals surface area contributed by atoms with Crippen molar-refractivity contribution >= 4 is 45.9 Å². The summed E-state index contributed by atoms with van der Waals surface area (Å²) in [7, 11) is 0. The number of aromatic nitrogens is 1. The van der Waals surface area contributed by atoms with Crippen LogP contribution in [0.2, 0.25) is 10.0 Å². The summed E-state index contributed by atoms with van der Waals surface area (Å²) in [5.41, 5.74) is 7.93. The molecular weight excluding hydrogens is 399 g/mol. The van der Waals surface area contributed by atoms with Crippen molar-refractivity contribution in [3.63, 3.8) is 0 Å². The van der Waals surface area contributed by atoms with E-state index in [2.05, 4.69) is 15.0 Å². The molecular formula is C20H25Cl2N4O2. The Bertz CT molecular complexity index is 840. The maximum atomic E-state index is 11.2. The predicted molar refractivity (Wildman–Crippen MR) is 111 cm³/mol. The second-order valence-corrected chi connectivity index (χ2v) is 8.78. The molecule has 2 fully saturated rings. The molecule has 151 valence electrons. The van der Waals surface area contributed by atoms with Gasteiger partial charge in [-0.2, -0.15) is 0 Å². The van der Waals surface area contributed by atoms with E-state index in [0.29, 0.717) is 21.5 Å². The van der Waals surface area contributed by atoms with Gasteiger partial charge in [0, 0.05) is 38.2 Å². The maximum absolute atomic E-state index is 11.2. The third-order valence-corrected chi connectivity index (χ3v) is 6.96. The first-order valence-corrected chi connectivity index (χ1v) is 10.7. The largest absolute Gasteiger partial charge is 0.354 e. The monoisotopic (exact) mass is 423 g/mol. The first kappa shape index (κ1) is 19.8. The fraction of sp³-hybridized carbons (Fsp3) is 0.600. The zero-order valence-corrected chi connectivity index (χ0v) is 17.3. The minimum atomic E-state index is -0.376. The zero-order chi connectivity index (χ0) is 19.7. The van der Waals surface area contributed by atoms with Gasteiger partial charge in [-0.25, -0.2) is 0 Å². The summed E-state index contributed by atoms with van der Waals surface area (Å²) in [4.78, 5) is 15.9. The molecule has 2 aromatic rings. The van der Waals surface area contributed by atoms with Crippen LogP contribution in [0.3, 0.4) is 0 Å². The van der Waals surface area contributed by atoms with Crippen molar-refractivity contribution in [3.8, 4) is 0 Å². The van der Waals surface area contributed by atoms with Crippen LogP contribution in [0.5, 0.6) is 0 Å². The average molecular weight is 424 g/mol. The van der Waals surface area contributed by atoms with Crippen LogP contribution in [0.15, 0.2) is 16.7 Å². The summed E-state index contributed by atoms with van der Waals surface area (Å²) in [5.74, 6) is 1.14. The molecule has 4 rings (SSSR count). The molecule has 28 heavy (non-hydrogen) atoms. The van der Waals surface area contributed by atoms with E-state index in [-0.39, 0.29) is 11.8 Å². The molecule has 2 heterocycles. The van der Waals surface area contributed by atoms with Crippen molar-refractivity contribution in [1.82, 2.24) is 15.8 Å². The lowest BCUT2D eigenvalue weighted by Gasteiger charge is -2.36. The standard InChI is InChI=1S/C20H25Cl2N4O2/c21-16-11-15-18(12-17(16)22)28-24-20(15)26-9-7-25(8-10-26)6-5-13-1-3-14(4-2-13)19(23)27/h11-14,23H,1-10H2. The molecule has 1 aliphatic carbocycles. The van der Waals surface area contributed by atoms with E-state index in [1.54, 1.807) is 6.07 Å². The zero-order valence-electron chi connectivity index (χ0n) is 15.8. The summed E-state index contributed by atoms with van der Waals surface area (Å²) < 4.78 is 5.43. The Balaban J connectivity index is 1.27. The number of hydrogen-bond acceptors (Lipinski definition) is 5. The van der Waals surface area contributed by atoms with Gasteiger partial charge < -0.3 is 9.42 Å². The highest BCUT2D eigenvalue weighted by Gasteiger charge is 2.26. The van der Waals surface area contributed by atoms with Crippen LogP contribution in [-0.4, -0.2) is 48.7 Å². The van der Waals surface area contributed by atoms with Crippen LogP contribution >= 0.6 is 23.2 Å². The normalized spacial score (nSPS) is 24.0. The summed E-state index contributed by atoms with van der Waals surface area (Å²) >= 11 is 12.2. The van der Waals surface area contributed by atoms with E-state index in [1.165, 1.54) is 6.42 Å². The van der Waals surface area contributed by atoms with E-state index in [0.717, 1.165) is 69.6 Å². The Morgan fingerprint density at radius 3 is 2.46 bits per heavy atom.